The number of rotatable bonds is 7. The van der Waals surface area contributed by atoms with E-state index in [1.54, 1.807) is 0 Å². The molecule has 1 saturated carbocycles. The maximum absolute atomic E-state index is 6.26. The molecular weight excluding hydrogens is 234 g/mol. The van der Waals surface area contributed by atoms with E-state index in [0.717, 1.165) is 25.4 Å². The molecule has 2 nitrogen and oxygen atoms in total. The Kier molecular flexibility index (Phi) is 6.82. The van der Waals surface area contributed by atoms with Crippen LogP contribution in [0.3, 0.4) is 0 Å². The van der Waals surface area contributed by atoms with Crippen molar-refractivity contribution in [2.24, 2.45) is 23.0 Å². The van der Waals surface area contributed by atoms with Crippen LogP contribution in [0.1, 0.15) is 73.1 Å². The van der Waals surface area contributed by atoms with Crippen LogP contribution in [-0.2, 0) is 4.74 Å². The highest BCUT2D eigenvalue weighted by atomic mass is 16.5. The summed E-state index contributed by atoms with van der Waals surface area (Å²) in [5.41, 5.74) is 6.69. The smallest absolute Gasteiger partial charge is 0.0728 e. The first-order chi connectivity index (χ1) is 8.90. The predicted molar refractivity (Wildman–Crippen MR) is 83.2 cm³/mol. The summed E-state index contributed by atoms with van der Waals surface area (Å²) in [6.45, 7) is 12.5. The van der Waals surface area contributed by atoms with E-state index < -0.39 is 0 Å². The van der Waals surface area contributed by atoms with Gasteiger partial charge in [-0.15, -0.1) is 0 Å². The molecule has 4 unspecified atom stereocenters. The molecule has 1 rings (SSSR count). The lowest BCUT2D eigenvalue weighted by atomic mass is 9.68. The molecule has 19 heavy (non-hydrogen) atoms. The van der Waals surface area contributed by atoms with E-state index in [9.17, 15) is 0 Å². The maximum atomic E-state index is 6.26. The third-order valence-electron chi connectivity index (χ3n) is 5.24. The van der Waals surface area contributed by atoms with Gasteiger partial charge in [0.25, 0.3) is 0 Å². The van der Waals surface area contributed by atoms with Crippen molar-refractivity contribution in [1.29, 1.82) is 0 Å². The van der Waals surface area contributed by atoms with Gasteiger partial charge in [0, 0.05) is 12.6 Å². The number of hydrogen-bond acceptors (Lipinski definition) is 2. The molecule has 1 fully saturated rings. The molecule has 0 heterocycles. The molecule has 114 valence electrons. The minimum absolute atomic E-state index is 0.248. The van der Waals surface area contributed by atoms with Crippen LogP contribution in [0.15, 0.2) is 0 Å². The Balaban J connectivity index is 2.47. The Bertz CT molecular complexity index is 252. The quantitative estimate of drug-likeness (QED) is 0.745. The van der Waals surface area contributed by atoms with Crippen molar-refractivity contribution in [3.63, 3.8) is 0 Å². The van der Waals surface area contributed by atoms with E-state index in [-0.39, 0.29) is 12.1 Å². The van der Waals surface area contributed by atoms with Crippen LogP contribution in [0.2, 0.25) is 0 Å². The standard InChI is InChI=1S/C17H35NO/c1-6-8-13(3)12-19-16-11-14(9-10-15(16)18)17(4,5)7-2/h13-16H,6-12,18H2,1-5H3. The van der Waals surface area contributed by atoms with Crippen molar-refractivity contribution in [3.05, 3.63) is 0 Å². The van der Waals surface area contributed by atoms with E-state index >= 15 is 0 Å². The largest absolute Gasteiger partial charge is 0.376 e. The summed E-state index contributed by atoms with van der Waals surface area (Å²) in [6.07, 6.45) is 7.57. The van der Waals surface area contributed by atoms with Gasteiger partial charge < -0.3 is 10.5 Å². The molecule has 1 aliphatic carbocycles. The molecule has 0 saturated heterocycles. The Labute approximate surface area is 120 Å². The summed E-state index contributed by atoms with van der Waals surface area (Å²) in [5.74, 6) is 1.43. The summed E-state index contributed by atoms with van der Waals surface area (Å²) in [6, 6.07) is 0.248. The van der Waals surface area contributed by atoms with E-state index in [1.807, 2.05) is 0 Å². The minimum Gasteiger partial charge on any atom is -0.376 e. The molecule has 0 aliphatic heterocycles. The summed E-state index contributed by atoms with van der Waals surface area (Å²) in [4.78, 5) is 0. The van der Waals surface area contributed by atoms with Crippen molar-refractivity contribution in [1.82, 2.24) is 0 Å². The van der Waals surface area contributed by atoms with Gasteiger partial charge in [-0.1, -0.05) is 47.5 Å². The highest BCUT2D eigenvalue weighted by Crippen LogP contribution is 2.41. The molecule has 4 atom stereocenters. The zero-order valence-corrected chi connectivity index (χ0v) is 13.7. The predicted octanol–water partition coefficient (Wildman–Crippen LogP) is 4.37. The van der Waals surface area contributed by atoms with Gasteiger partial charge in [0.05, 0.1) is 6.10 Å². The normalized spacial score (nSPS) is 30.3. The van der Waals surface area contributed by atoms with Crippen LogP contribution >= 0.6 is 0 Å². The monoisotopic (exact) mass is 269 g/mol. The molecule has 0 bridgehead atoms. The van der Waals surface area contributed by atoms with Gasteiger partial charge in [-0.3, -0.25) is 0 Å². The molecule has 1 aliphatic rings. The van der Waals surface area contributed by atoms with Crippen LogP contribution < -0.4 is 5.73 Å². The Morgan fingerprint density at radius 3 is 2.53 bits per heavy atom. The second-order valence-electron chi connectivity index (χ2n) is 7.28. The van der Waals surface area contributed by atoms with Gasteiger partial charge in [-0.25, -0.2) is 0 Å². The summed E-state index contributed by atoms with van der Waals surface area (Å²) < 4.78 is 6.15. The molecular formula is C17H35NO. The number of hydrogen-bond donors (Lipinski definition) is 1. The fraction of sp³-hybridized carbons (Fsp3) is 1.00. The second kappa shape index (κ2) is 7.64. The van der Waals surface area contributed by atoms with E-state index in [1.165, 1.54) is 25.7 Å². The van der Waals surface area contributed by atoms with Gasteiger partial charge in [-0.05, 0) is 42.9 Å². The molecule has 0 aromatic rings. The van der Waals surface area contributed by atoms with Gasteiger partial charge in [0.2, 0.25) is 0 Å². The molecule has 0 radical (unpaired) electrons. The Morgan fingerprint density at radius 1 is 1.26 bits per heavy atom. The van der Waals surface area contributed by atoms with Crippen LogP contribution in [0, 0.1) is 17.3 Å². The fourth-order valence-corrected chi connectivity index (χ4v) is 3.21. The number of nitrogens with two attached hydrogens (primary N) is 1. The zero-order chi connectivity index (χ0) is 14.5. The van der Waals surface area contributed by atoms with Crippen molar-refractivity contribution in [2.75, 3.05) is 6.61 Å². The van der Waals surface area contributed by atoms with Gasteiger partial charge in [0.1, 0.15) is 0 Å². The summed E-state index contributed by atoms with van der Waals surface area (Å²) in [7, 11) is 0. The molecule has 0 aromatic carbocycles. The lowest BCUT2D eigenvalue weighted by molar-refractivity contribution is -0.0345. The SMILES string of the molecule is CCCC(C)COC1CC(C(C)(C)CC)CCC1N. The van der Waals surface area contributed by atoms with Crippen LogP contribution in [0.4, 0.5) is 0 Å². The average Bonchev–Trinajstić information content (AvgIpc) is 2.38. The molecule has 2 heteroatoms. The van der Waals surface area contributed by atoms with E-state index in [0.29, 0.717) is 11.3 Å². The van der Waals surface area contributed by atoms with Crippen molar-refractivity contribution < 1.29 is 4.74 Å². The highest BCUT2D eigenvalue weighted by molar-refractivity contribution is 4.89. The molecule has 0 aromatic heterocycles. The topological polar surface area (TPSA) is 35.2 Å². The third kappa shape index (κ3) is 5.07. The third-order valence-corrected chi connectivity index (χ3v) is 5.24. The van der Waals surface area contributed by atoms with Crippen LogP contribution in [-0.4, -0.2) is 18.8 Å². The molecule has 2 N–H and O–H groups in total. The fourth-order valence-electron chi connectivity index (χ4n) is 3.21. The van der Waals surface area contributed by atoms with Gasteiger partial charge in [0.15, 0.2) is 0 Å². The molecule has 0 amide bonds. The van der Waals surface area contributed by atoms with Crippen LogP contribution in [0.5, 0.6) is 0 Å². The van der Waals surface area contributed by atoms with Gasteiger partial charge >= 0.3 is 0 Å². The second-order valence-corrected chi connectivity index (χ2v) is 7.28. The molecule has 0 spiro atoms. The summed E-state index contributed by atoms with van der Waals surface area (Å²) >= 11 is 0. The Morgan fingerprint density at radius 2 is 1.95 bits per heavy atom. The van der Waals surface area contributed by atoms with Crippen molar-refractivity contribution in [3.8, 4) is 0 Å². The Hall–Kier alpha value is -0.0800. The lowest BCUT2D eigenvalue weighted by Crippen LogP contribution is -2.45. The van der Waals surface area contributed by atoms with E-state index in [2.05, 4.69) is 34.6 Å². The van der Waals surface area contributed by atoms with Crippen molar-refractivity contribution in [2.45, 2.75) is 85.3 Å². The van der Waals surface area contributed by atoms with E-state index in [4.69, 9.17) is 10.5 Å². The average molecular weight is 269 g/mol. The van der Waals surface area contributed by atoms with Gasteiger partial charge in [-0.2, -0.15) is 0 Å². The first-order valence-corrected chi connectivity index (χ1v) is 8.27. The first-order valence-electron chi connectivity index (χ1n) is 8.27. The summed E-state index contributed by atoms with van der Waals surface area (Å²) in [5, 5.41) is 0. The highest BCUT2D eigenvalue weighted by Gasteiger charge is 2.36. The lowest BCUT2D eigenvalue weighted by Gasteiger charge is -2.42. The number of ether oxygens (including phenoxy) is 1. The van der Waals surface area contributed by atoms with Crippen LogP contribution in [0.25, 0.3) is 0 Å². The minimum atomic E-state index is 0.248. The maximum Gasteiger partial charge on any atom is 0.0728 e. The van der Waals surface area contributed by atoms with Crippen molar-refractivity contribution >= 4 is 0 Å². The first kappa shape index (κ1) is 17.0. The zero-order valence-electron chi connectivity index (χ0n) is 13.7.